The van der Waals surface area contributed by atoms with E-state index in [2.05, 4.69) is 4.72 Å². The summed E-state index contributed by atoms with van der Waals surface area (Å²) in [6, 6.07) is 7.13. The molecule has 0 amide bonds. The molecule has 118 valence electrons. The molecule has 0 spiro atoms. The van der Waals surface area contributed by atoms with E-state index in [0.717, 1.165) is 31.2 Å². The predicted octanol–water partition coefficient (Wildman–Crippen LogP) is 3.72. The Labute approximate surface area is 133 Å². The average molecular weight is 330 g/mol. The lowest BCUT2D eigenvalue weighted by atomic mass is 9.90. The van der Waals surface area contributed by atoms with Crippen molar-refractivity contribution in [2.24, 2.45) is 5.92 Å². The molecule has 5 heteroatoms. The van der Waals surface area contributed by atoms with Gasteiger partial charge >= 0.3 is 0 Å². The minimum absolute atomic E-state index is 0.355. The summed E-state index contributed by atoms with van der Waals surface area (Å²) in [5, 5.41) is 0. The molecule has 3 nitrogen and oxygen atoms in total. The fraction of sp³-hybridized carbons (Fsp3) is 0.625. The largest absolute Gasteiger partial charge is 0.240 e. The van der Waals surface area contributed by atoms with Gasteiger partial charge in [0.15, 0.2) is 0 Å². The third kappa shape index (κ3) is 5.28. The van der Waals surface area contributed by atoms with Crippen LogP contribution in [-0.4, -0.2) is 20.8 Å². The molecular weight excluding hydrogens is 306 g/mol. The monoisotopic (exact) mass is 329 g/mol. The molecule has 1 saturated carbocycles. The van der Waals surface area contributed by atoms with Gasteiger partial charge in [0.05, 0.1) is 4.90 Å². The number of hydrogen-bond donors (Lipinski definition) is 1. The van der Waals surface area contributed by atoms with E-state index >= 15 is 0 Å². The Morgan fingerprint density at radius 2 is 1.76 bits per heavy atom. The van der Waals surface area contributed by atoms with Crippen molar-refractivity contribution in [2.45, 2.75) is 49.8 Å². The zero-order valence-electron chi connectivity index (χ0n) is 12.4. The zero-order chi connectivity index (χ0) is 15.1. The van der Waals surface area contributed by atoms with Crippen molar-refractivity contribution >= 4 is 21.6 Å². The van der Waals surface area contributed by atoms with E-state index in [1.54, 1.807) is 12.1 Å². The number of halogens is 1. The first-order chi connectivity index (χ1) is 10.1. The predicted molar refractivity (Wildman–Crippen MR) is 87.2 cm³/mol. The van der Waals surface area contributed by atoms with Gasteiger partial charge in [0, 0.05) is 12.4 Å². The Morgan fingerprint density at radius 1 is 1.10 bits per heavy atom. The first-order valence-electron chi connectivity index (χ1n) is 7.76. The lowest BCUT2D eigenvalue weighted by molar-refractivity contribution is 0.357. The van der Waals surface area contributed by atoms with Crippen LogP contribution < -0.4 is 4.72 Å². The van der Waals surface area contributed by atoms with E-state index in [9.17, 15) is 8.42 Å². The van der Waals surface area contributed by atoms with Crippen LogP contribution in [0.2, 0.25) is 0 Å². The summed E-state index contributed by atoms with van der Waals surface area (Å²) in [6.07, 6.45) is 7.81. The summed E-state index contributed by atoms with van der Waals surface area (Å²) >= 11 is 5.66. The molecule has 2 rings (SSSR count). The van der Waals surface area contributed by atoms with Crippen molar-refractivity contribution in [1.29, 1.82) is 0 Å². The number of rotatable bonds is 7. The molecule has 0 radical (unpaired) electrons. The van der Waals surface area contributed by atoms with Crippen LogP contribution in [0.25, 0.3) is 0 Å². The highest BCUT2D eigenvalue weighted by Gasteiger charge is 2.18. The van der Waals surface area contributed by atoms with Crippen molar-refractivity contribution in [2.75, 3.05) is 12.4 Å². The SMILES string of the molecule is O=S(=O)(NCC1CCCCC1)c1ccc(CCCCl)cc1. The van der Waals surface area contributed by atoms with Crippen LogP contribution in [-0.2, 0) is 16.4 Å². The highest BCUT2D eigenvalue weighted by Crippen LogP contribution is 2.23. The first-order valence-corrected chi connectivity index (χ1v) is 9.78. The Bertz CT molecular complexity index is 522. The number of nitrogens with one attached hydrogen (secondary N) is 1. The van der Waals surface area contributed by atoms with Gasteiger partial charge in [-0.25, -0.2) is 13.1 Å². The van der Waals surface area contributed by atoms with Crippen LogP contribution in [0.4, 0.5) is 0 Å². The molecule has 1 aliphatic rings. The van der Waals surface area contributed by atoms with Gasteiger partial charge in [0.25, 0.3) is 0 Å². The van der Waals surface area contributed by atoms with Crippen molar-refractivity contribution < 1.29 is 8.42 Å². The number of alkyl halides is 1. The summed E-state index contributed by atoms with van der Waals surface area (Å²) in [5.41, 5.74) is 1.13. The molecule has 0 aromatic heterocycles. The molecule has 1 N–H and O–H groups in total. The molecule has 21 heavy (non-hydrogen) atoms. The van der Waals surface area contributed by atoms with Crippen LogP contribution in [0.15, 0.2) is 29.2 Å². The summed E-state index contributed by atoms with van der Waals surface area (Å²) < 4.78 is 27.3. The molecule has 0 unspecified atom stereocenters. The molecule has 1 fully saturated rings. The second-order valence-corrected chi connectivity index (χ2v) is 7.94. The smallest absolute Gasteiger partial charge is 0.211 e. The highest BCUT2D eigenvalue weighted by atomic mass is 35.5. The maximum Gasteiger partial charge on any atom is 0.240 e. The molecule has 0 bridgehead atoms. The zero-order valence-corrected chi connectivity index (χ0v) is 13.9. The Balaban J connectivity index is 1.91. The first kappa shape index (κ1) is 16.8. The summed E-state index contributed by atoms with van der Waals surface area (Å²) in [7, 11) is -3.37. The van der Waals surface area contributed by atoms with E-state index in [-0.39, 0.29) is 0 Å². The minimum atomic E-state index is -3.37. The van der Waals surface area contributed by atoms with E-state index in [4.69, 9.17) is 11.6 Å². The molecule has 0 saturated heterocycles. The van der Waals surface area contributed by atoms with Gasteiger partial charge in [-0.2, -0.15) is 0 Å². The third-order valence-corrected chi connectivity index (χ3v) is 5.83. The molecule has 0 aliphatic heterocycles. The molecular formula is C16H24ClNO2S. The minimum Gasteiger partial charge on any atom is -0.211 e. The molecule has 0 atom stereocenters. The Morgan fingerprint density at radius 3 is 2.38 bits per heavy atom. The lowest BCUT2D eigenvalue weighted by Gasteiger charge is -2.21. The summed E-state index contributed by atoms with van der Waals surface area (Å²) in [5.74, 6) is 1.12. The van der Waals surface area contributed by atoms with Gasteiger partial charge in [0.1, 0.15) is 0 Å². The lowest BCUT2D eigenvalue weighted by Crippen LogP contribution is -2.30. The van der Waals surface area contributed by atoms with Crippen LogP contribution in [0.5, 0.6) is 0 Å². The van der Waals surface area contributed by atoms with E-state index in [0.29, 0.717) is 23.2 Å². The number of benzene rings is 1. The topological polar surface area (TPSA) is 46.2 Å². The van der Waals surface area contributed by atoms with Crippen LogP contribution >= 0.6 is 11.6 Å². The van der Waals surface area contributed by atoms with Crippen molar-refractivity contribution in [3.63, 3.8) is 0 Å². The standard InChI is InChI=1S/C16H24ClNO2S/c17-12-4-7-14-8-10-16(11-9-14)21(19,20)18-13-15-5-2-1-3-6-15/h8-11,15,18H,1-7,12-13H2. The van der Waals surface area contributed by atoms with Gasteiger partial charge < -0.3 is 0 Å². The molecule has 1 aromatic rings. The normalized spacial score (nSPS) is 17.0. The van der Waals surface area contributed by atoms with Gasteiger partial charge in [-0.05, 0) is 49.3 Å². The van der Waals surface area contributed by atoms with Crippen LogP contribution in [0, 0.1) is 5.92 Å². The quantitative estimate of drug-likeness (QED) is 0.775. The fourth-order valence-electron chi connectivity index (χ4n) is 2.81. The summed E-state index contributed by atoms with van der Waals surface area (Å²) in [4.78, 5) is 0.355. The van der Waals surface area contributed by atoms with Gasteiger partial charge in [-0.15, -0.1) is 11.6 Å². The molecule has 1 aromatic carbocycles. The van der Waals surface area contributed by atoms with Gasteiger partial charge in [-0.1, -0.05) is 31.4 Å². The second kappa shape index (κ2) is 8.16. The number of hydrogen-bond acceptors (Lipinski definition) is 2. The Kier molecular flexibility index (Phi) is 6.52. The second-order valence-electron chi connectivity index (χ2n) is 5.79. The van der Waals surface area contributed by atoms with Gasteiger partial charge in [0.2, 0.25) is 10.0 Å². The van der Waals surface area contributed by atoms with Crippen LogP contribution in [0.1, 0.15) is 44.1 Å². The maximum absolute atomic E-state index is 12.3. The van der Waals surface area contributed by atoms with Crippen LogP contribution in [0.3, 0.4) is 0 Å². The maximum atomic E-state index is 12.3. The third-order valence-electron chi connectivity index (χ3n) is 4.12. The molecule has 0 heterocycles. The van der Waals surface area contributed by atoms with Crippen molar-refractivity contribution in [3.05, 3.63) is 29.8 Å². The average Bonchev–Trinajstić information content (AvgIpc) is 2.52. The van der Waals surface area contributed by atoms with E-state index in [1.807, 2.05) is 12.1 Å². The number of aryl methyl sites for hydroxylation is 1. The number of sulfonamides is 1. The Hall–Kier alpha value is -0.580. The van der Waals surface area contributed by atoms with Crippen molar-refractivity contribution in [3.8, 4) is 0 Å². The van der Waals surface area contributed by atoms with Gasteiger partial charge in [-0.3, -0.25) is 0 Å². The highest BCUT2D eigenvalue weighted by molar-refractivity contribution is 7.89. The molecule has 1 aliphatic carbocycles. The fourth-order valence-corrected chi connectivity index (χ4v) is 4.06. The van der Waals surface area contributed by atoms with Crippen molar-refractivity contribution in [1.82, 2.24) is 4.72 Å². The van der Waals surface area contributed by atoms with E-state index < -0.39 is 10.0 Å². The summed E-state index contributed by atoms with van der Waals surface area (Å²) in [6.45, 7) is 0.566. The van der Waals surface area contributed by atoms with E-state index in [1.165, 1.54) is 19.3 Å².